The summed E-state index contributed by atoms with van der Waals surface area (Å²) in [6, 6.07) is 2.04. The van der Waals surface area contributed by atoms with Gasteiger partial charge in [0, 0.05) is 51.0 Å². The lowest BCUT2D eigenvalue weighted by atomic mass is 9.78. The van der Waals surface area contributed by atoms with Crippen molar-refractivity contribution in [2.75, 3.05) is 57.9 Å². The molecule has 7 nitrogen and oxygen atoms in total. The predicted octanol–water partition coefficient (Wildman–Crippen LogP) is 2.42. The van der Waals surface area contributed by atoms with Crippen molar-refractivity contribution in [3.63, 3.8) is 0 Å². The summed E-state index contributed by atoms with van der Waals surface area (Å²) in [5.74, 6) is 2.43. The average molecular weight is 448 g/mol. The van der Waals surface area contributed by atoms with Crippen LogP contribution < -0.4 is 10.2 Å². The van der Waals surface area contributed by atoms with Crippen molar-refractivity contribution >= 4 is 36.5 Å². The Morgan fingerprint density at radius 2 is 1.79 bits per heavy atom. The number of piperazine rings is 1. The van der Waals surface area contributed by atoms with Gasteiger partial charge in [0.15, 0.2) is 0 Å². The first kappa shape index (κ1) is 25.9. The number of nitrogens with zero attached hydrogens (tertiary/aromatic N) is 4. The Hall–Kier alpha value is -1.15. The molecule has 9 heteroatoms. The number of nitrogens with one attached hydrogen (secondary N) is 1. The molecule has 0 unspecified atom stereocenters. The molecule has 0 radical (unpaired) electrons. The minimum atomic E-state index is -0.363. The summed E-state index contributed by atoms with van der Waals surface area (Å²) in [5, 5.41) is 3.36. The normalized spacial score (nSPS) is 18.8. The van der Waals surface area contributed by atoms with E-state index in [2.05, 4.69) is 29.0 Å². The SMILES string of the molecule is COCC1(C(=O)N2CCN(c3cc(C)nc(C(C)C)n3)CC2)CCNCC1.Cl.Cl. The number of amides is 1. The van der Waals surface area contributed by atoms with Crippen LogP contribution in [-0.4, -0.2) is 73.8 Å². The number of carbonyl (C=O) groups excluding carboxylic acids is 1. The Labute approximate surface area is 186 Å². The Morgan fingerprint density at radius 3 is 2.34 bits per heavy atom. The second-order valence-corrected chi connectivity index (χ2v) is 8.12. The number of methoxy groups -OCH3 is 1. The van der Waals surface area contributed by atoms with Crippen LogP contribution in [0.2, 0.25) is 0 Å². The molecule has 3 heterocycles. The molecular weight excluding hydrogens is 413 g/mol. The van der Waals surface area contributed by atoms with Gasteiger partial charge in [-0.1, -0.05) is 13.8 Å². The van der Waals surface area contributed by atoms with Crippen LogP contribution in [0, 0.1) is 12.3 Å². The third-order valence-corrected chi connectivity index (χ3v) is 5.70. The van der Waals surface area contributed by atoms with Crippen LogP contribution in [0.4, 0.5) is 5.82 Å². The minimum Gasteiger partial charge on any atom is -0.384 e. The summed E-state index contributed by atoms with van der Waals surface area (Å²) in [6.45, 7) is 11.6. The van der Waals surface area contributed by atoms with Gasteiger partial charge in [0.25, 0.3) is 0 Å². The number of anilines is 1. The quantitative estimate of drug-likeness (QED) is 0.746. The molecule has 29 heavy (non-hydrogen) atoms. The highest BCUT2D eigenvalue weighted by molar-refractivity contribution is 5.85. The second-order valence-electron chi connectivity index (χ2n) is 8.12. The van der Waals surface area contributed by atoms with Gasteiger partial charge in [-0.2, -0.15) is 0 Å². The molecular formula is C20H35Cl2N5O2. The van der Waals surface area contributed by atoms with Crippen LogP contribution in [0.15, 0.2) is 6.07 Å². The molecule has 166 valence electrons. The van der Waals surface area contributed by atoms with Gasteiger partial charge in [-0.15, -0.1) is 24.8 Å². The highest BCUT2D eigenvalue weighted by Crippen LogP contribution is 2.32. The maximum atomic E-state index is 13.3. The monoisotopic (exact) mass is 447 g/mol. The second kappa shape index (κ2) is 11.3. The highest BCUT2D eigenvalue weighted by Gasteiger charge is 2.42. The summed E-state index contributed by atoms with van der Waals surface area (Å²) < 4.78 is 5.43. The molecule has 0 aromatic carbocycles. The molecule has 0 aliphatic carbocycles. The van der Waals surface area contributed by atoms with Crippen molar-refractivity contribution in [2.24, 2.45) is 5.41 Å². The van der Waals surface area contributed by atoms with E-state index in [1.165, 1.54) is 0 Å². The maximum Gasteiger partial charge on any atom is 0.231 e. The Kier molecular flexibility index (Phi) is 10.1. The Morgan fingerprint density at radius 1 is 1.17 bits per heavy atom. The first-order valence-corrected chi connectivity index (χ1v) is 10.0. The number of rotatable bonds is 5. The van der Waals surface area contributed by atoms with Crippen molar-refractivity contribution in [3.05, 3.63) is 17.6 Å². The number of halogens is 2. The van der Waals surface area contributed by atoms with Crippen molar-refractivity contribution in [3.8, 4) is 0 Å². The van der Waals surface area contributed by atoms with E-state index in [9.17, 15) is 4.79 Å². The van der Waals surface area contributed by atoms with Gasteiger partial charge < -0.3 is 19.9 Å². The van der Waals surface area contributed by atoms with E-state index in [0.29, 0.717) is 12.5 Å². The number of piperidine rings is 1. The zero-order valence-electron chi connectivity index (χ0n) is 17.9. The standard InChI is InChI=1S/C20H33N5O2.2ClH/c1-15(2)18-22-16(3)13-17(23-18)24-9-11-25(12-10-24)19(26)20(14-27-4)5-7-21-8-6-20;;/h13,15,21H,5-12,14H2,1-4H3;2*1H. The van der Waals surface area contributed by atoms with Crippen LogP contribution >= 0.6 is 24.8 Å². The molecule has 0 atom stereocenters. The average Bonchev–Trinajstić information content (AvgIpc) is 2.68. The molecule has 2 fully saturated rings. The van der Waals surface area contributed by atoms with Crippen molar-refractivity contribution < 1.29 is 9.53 Å². The van der Waals surface area contributed by atoms with Crippen LogP contribution in [0.5, 0.6) is 0 Å². The third kappa shape index (κ3) is 5.94. The van der Waals surface area contributed by atoms with Gasteiger partial charge in [-0.3, -0.25) is 4.79 Å². The van der Waals surface area contributed by atoms with Crippen LogP contribution in [0.3, 0.4) is 0 Å². The minimum absolute atomic E-state index is 0. The van der Waals surface area contributed by atoms with Crippen molar-refractivity contribution in [1.29, 1.82) is 0 Å². The summed E-state index contributed by atoms with van der Waals surface area (Å²) in [7, 11) is 1.69. The topological polar surface area (TPSA) is 70.6 Å². The lowest BCUT2D eigenvalue weighted by molar-refractivity contribution is -0.147. The first-order chi connectivity index (χ1) is 12.9. The molecule has 3 rings (SSSR count). The Bertz CT molecular complexity index is 655. The fourth-order valence-corrected chi connectivity index (χ4v) is 4.07. The molecule has 2 saturated heterocycles. The fraction of sp³-hybridized carbons (Fsp3) is 0.750. The van der Waals surface area contributed by atoms with Crippen LogP contribution in [0.1, 0.15) is 44.1 Å². The lowest BCUT2D eigenvalue weighted by Crippen LogP contribution is -2.56. The van der Waals surface area contributed by atoms with Crippen molar-refractivity contribution in [2.45, 2.75) is 39.5 Å². The fourth-order valence-electron chi connectivity index (χ4n) is 4.07. The summed E-state index contributed by atoms with van der Waals surface area (Å²) in [6.07, 6.45) is 1.70. The Balaban J connectivity index is 0.00000210. The van der Waals surface area contributed by atoms with E-state index in [4.69, 9.17) is 9.72 Å². The van der Waals surface area contributed by atoms with E-state index in [0.717, 1.165) is 69.4 Å². The van der Waals surface area contributed by atoms with Crippen molar-refractivity contribution in [1.82, 2.24) is 20.2 Å². The molecule has 0 spiro atoms. The maximum absolute atomic E-state index is 13.3. The third-order valence-electron chi connectivity index (χ3n) is 5.70. The molecule has 0 saturated carbocycles. The zero-order chi connectivity index (χ0) is 19.4. The zero-order valence-corrected chi connectivity index (χ0v) is 19.6. The number of aromatic nitrogens is 2. The van der Waals surface area contributed by atoms with E-state index >= 15 is 0 Å². The summed E-state index contributed by atoms with van der Waals surface area (Å²) in [5.41, 5.74) is 0.634. The van der Waals surface area contributed by atoms with E-state index in [-0.39, 0.29) is 36.1 Å². The van der Waals surface area contributed by atoms with Gasteiger partial charge in [0.2, 0.25) is 5.91 Å². The number of carbonyl (C=O) groups is 1. The van der Waals surface area contributed by atoms with Crippen LogP contribution in [0.25, 0.3) is 0 Å². The van der Waals surface area contributed by atoms with Gasteiger partial charge in [-0.25, -0.2) is 9.97 Å². The van der Waals surface area contributed by atoms with Gasteiger partial charge in [-0.05, 0) is 32.9 Å². The number of hydrogen-bond acceptors (Lipinski definition) is 6. The van der Waals surface area contributed by atoms with E-state index in [1.54, 1.807) is 7.11 Å². The highest BCUT2D eigenvalue weighted by atomic mass is 35.5. The number of ether oxygens (including phenoxy) is 1. The predicted molar refractivity (Wildman–Crippen MR) is 121 cm³/mol. The smallest absolute Gasteiger partial charge is 0.231 e. The van der Waals surface area contributed by atoms with Crippen LogP contribution in [-0.2, 0) is 9.53 Å². The summed E-state index contributed by atoms with van der Waals surface area (Å²) in [4.78, 5) is 26.9. The molecule has 2 aliphatic rings. The molecule has 0 bridgehead atoms. The number of hydrogen-bond donors (Lipinski definition) is 1. The molecule has 1 amide bonds. The van der Waals surface area contributed by atoms with Gasteiger partial charge >= 0.3 is 0 Å². The van der Waals surface area contributed by atoms with E-state index < -0.39 is 0 Å². The van der Waals surface area contributed by atoms with E-state index in [1.807, 2.05) is 17.9 Å². The molecule has 1 aromatic rings. The number of aryl methyl sites for hydroxylation is 1. The first-order valence-electron chi connectivity index (χ1n) is 10.0. The summed E-state index contributed by atoms with van der Waals surface area (Å²) >= 11 is 0. The molecule has 2 aliphatic heterocycles. The van der Waals surface area contributed by atoms with Gasteiger partial charge in [0.1, 0.15) is 11.6 Å². The lowest BCUT2D eigenvalue weighted by Gasteiger charge is -2.43. The molecule has 1 N–H and O–H groups in total. The molecule has 1 aromatic heterocycles. The van der Waals surface area contributed by atoms with Gasteiger partial charge in [0.05, 0.1) is 12.0 Å². The largest absolute Gasteiger partial charge is 0.384 e.